The largest absolute Gasteiger partial charge is 0.298 e. The Morgan fingerprint density at radius 2 is 2.36 bits per heavy atom. The first-order valence-corrected chi connectivity index (χ1v) is 6.07. The summed E-state index contributed by atoms with van der Waals surface area (Å²) in [6, 6.07) is 3.34. The fraction of sp³-hybridized carbons (Fsp3) is 0.100. The summed E-state index contributed by atoms with van der Waals surface area (Å²) < 4.78 is 14.3. The van der Waals surface area contributed by atoms with Gasteiger partial charge in [-0.25, -0.2) is 4.39 Å². The molecule has 0 bridgehead atoms. The molecule has 0 radical (unpaired) electrons. The number of thiophene rings is 1. The first-order chi connectivity index (χ1) is 6.77. The monoisotopic (exact) mass is 226 g/mol. The van der Waals surface area contributed by atoms with Crippen molar-refractivity contribution in [3.8, 4) is 0 Å². The van der Waals surface area contributed by atoms with Gasteiger partial charge in [0, 0.05) is 15.0 Å². The number of benzene rings is 1. The minimum atomic E-state index is -0.431. The van der Waals surface area contributed by atoms with Crippen molar-refractivity contribution in [1.29, 1.82) is 0 Å². The summed E-state index contributed by atoms with van der Waals surface area (Å²) in [6.45, 7) is 0. The number of carbonyl (C=O) groups excluding carboxylic acids is 1. The highest BCUT2D eigenvalue weighted by atomic mass is 32.2. The zero-order chi connectivity index (χ0) is 10.1. The molecule has 0 unspecified atom stereocenters. The Bertz CT molecular complexity index is 490. The van der Waals surface area contributed by atoms with Crippen molar-refractivity contribution >= 4 is 39.5 Å². The lowest BCUT2D eigenvalue weighted by Gasteiger charge is -2.04. The Kier molecular flexibility index (Phi) is 2.56. The molecule has 4 heteroatoms. The molecular weight excluding hydrogens is 219 g/mol. The average Bonchev–Trinajstić information content (AvgIpc) is 2.62. The van der Waals surface area contributed by atoms with Crippen LogP contribution in [0.15, 0.2) is 22.4 Å². The minimum Gasteiger partial charge on any atom is -0.298 e. The molecule has 0 saturated carbocycles. The van der Waals surface area contributed by atoms with Crippen molar-refractivity contribution in [3.63, 3.8) is 0 Å². The predicted molar refractivity (Wildman–Crippen MR) is 59.0 cm³/mol. The fourth-order valence-electron chi connectivity index (χ4n) is 1.40. The number of hydrogen-bond acceptors (Lipinski definition) is 3. The van der Waals surface area contributed by atoms with Gasteiger partial charge >= 0.3 is 0 Å². The highest BCUT2D eigenvalue weighted by Crippen LogP contribution is 2.33. The number of rotatable bonds is 2. The van der Waals surface area contributed by atoms with Crippen LogP contribution in [0, 0.1) is 5.82 Å². The maximum atomic E-state index is 13.4. The van der Waals surface area contributed by atoms with E-state index in [0.717, 1.165) is 15.0 Å². The lowest BCUT2D eigenvalue weighted by atomic mass is 10.2. The van der Waals surface area contributed by atoms with E-state index >= 15 is 0 Å². The number of thioether (sulfide) groups is 1. The van der Waals surface area contributed by atoms with E-state index in [1.165, 1.54) is 29.2 Å². The predicted octanol–water partition coefficient (Wildman–Crippen LogP) is 3.57. The Morgan fingerprint density at radius 3 is 3.00 bits per heavy atom. The third kappa shape index (κ3) is 1.35. The van der Waals surface area contributed by atoms with Crippen molar-refractivity contribution in [2.45, 2.75) is 4.90 Å². The number of aldehydes is 1. The summed E-state index contributed by atoms with van der Waals surface area (Å²) in [5.41, 5.74) is 0.170. The van der Waals surface area contributed by atoms with Gasteiger partial charge in [0.1, 0.15) is 5.82 Å². The molecule has 1 heterocycles. The SMILES string of the molecule is CSc1c(C=O)c(F)cc2sccc12. The zero-order valence-corrected chi connectivity index (χ0v) is 9.05. The lowest BCUT2D eigenvalue weighted by molar-refractivity contribution is 0.111. The molecule has 0 aliphatic rings. The normalized spacial score (nSPS) is 10.7. The fourth-order valence-corrected chi connectivity index (χ4v) is 3.04. The number of carbonyl (C=O) groups is 1. The van der Waals surface area contributed by atoms with Gasteiger partial charge in [-0.05, 0) is 23.8 Å². The van der Waals surface area contributed by atoms with Gasteiger partial charge in [-0.2, -0.15) is 0 Å². The van der Waals surface area contributed by atoms with Crippen LogP contribution in [-0.4, -0.2) is 12.5 Å². The Balaban J connectivity index is 2.88. The molecule has 0 amide bonds. The van der Waals surface area contributed by atoms with Crippen LogP contribution in [0.3, 0.4) is 0 Å². The van der Waals surface area contributed by atoms with E-state index in [4.69, 9.17) is 0 Å². The van der Waals surface area contributed by atoms with Gasteiger partial charge in [0.25, 0.3) is 0 Å². The summed E-state index contributed by atoms with van der Waals surface area (Å²) in [6.07, 6.45) is 2.43. The summed E-state index contributed by atoms with van der Waals surface area (Å²) in [4.78, 5) is 11.5. The van der Waals surface area contributed by atoms with Crippen LogP contribution in [-0.2, 0) is 0 Å². The average molecular weight is 226 g/mol. The molecule has 0 fully saturated rings. The lowest BCUT2D eigenvalue weighted by Crippen LogP contribution is -1.91. The second-order valence-corrected chi connectivity index (χ2v) is 4.52. The van der Waals surface area contributed by atoms with Crippen molar-refractivity contribution in [1.82, 2.24) is 0 Å². The van der Waals surface area contributed by atoms with Crippen LogP contribution >= 0.6 is 23.1 Å². The zero-order valence-electron chi connectivity index (χ0n) is 7.41. The van der Waals surface area contributed by atoms with Crippen LogP contribution in [0.5, 0.6) is 0 Å². The highest BCUT2D eigenvalue weighted by molar-refractivity contribution is 7.99. The van der Waals surface area contributed by atoms with E-state index in [1.54, 1.807) is 0 Å². The first kappa shape index (κ1) is 9.68. The van der Waals surface area contributed by atoms with E-state index in [0.29, 0.717) is 6.29 Å². The summed E-state index contributed by atoms with van der Waals surface area (Å²) in [5.74, 6) is -0.431. The molecule has 1 nitrogen and oxygen atoms in total. The maximum Gasteiger partial charge on any atom is 0.154 e. The van der Waals surface area contributed by atoms with Gasteiger partial charge in [0.05, 0.1) is 5.56 Å². The highest BCUT2D eigenvalue weighted by Gasteiger charge is 2.12. The quantitative estimate of drug-likeness (QED) is 0.575. The third-order valence-corrected chi connectivity index (χ3v) is 3.73. The summed E-state index contributed by atoms with van der Waals surface area (Å²) in [7, 11) is 0. The first-order valence-electron chi connectivity index (χ1n) is 3.96. The maximum absolute atomic E-state index is 13.4. The van der Waals surface area contributed by atoms with Gasteiger partial charge in [-0.3, -0.25) is 4.79 Å². The molecule has 2 aromatic rings. The second kappa shape index (κ2) is 3.71. The Hall–Kier alpha value is -0.870. The molecule has 0 aliphatic carbocycles. The van der Waals surface area contributed by atoms with Crippen molar-refractivity contribution < 1.29 is 9.18 Å². The summed E-state index contributed by atoms with van der Waals surface area (Å²) in [5, 5.41) is 2.87. The molecule has 2 rings (SSSR count). The molecule has 0 saturated heterocycles. The molecular formula is C10H7FOS2. The van der Waals surface area contributed by atoms with Crippen LogP contribution in [0.25, 0.3) is 10.1 Å². The van der Waals surface area contributed by atoms with E-state index in [2.05, 4.69) is 0 Å². The Morgan fingerprint density at radius 1 is 1.57 bits per heavy atom. The standard InChI is InChI=1S/C10H7FOS2/c1-13-10-6-2-3-14-9(6)4-8(11)7(10)5-12/h2-5H,1H3. The van der Waals surface area contributed by atoms with Crippen LogP contribution < -0.4 is 0 Å². The van der Waals surface area contributed by atoms with Gasteiger partial charge in [0.2, 0.25) is 0 Å². The van der Waals surface area contributed by atoms with Crippen LogP contribution in [0.1, 0.15) is 10.4 Å². The minimum absolute atomic E-state index is 0.170. The van der Waals surface area contributed by atoms with Crippen LogP contribution in [0.2, 0.25) is 0 Å². The van der Waals surface area contributed by atoms with E-state index in [-0.39, 0.29) is 5.56 Å². The summed E-state index contributed by atoms with van der Waals surface area (Å²) >= 11 is 2.88. The molecule has 72 valence electrons. The molecule has 0 spiro atoms. The van der Waals surface area contributed by atoms with Crippen molar-refractivity contribution in [3.05, 3.63) is 28.9 Å². The van der Waals surface area contributed by atoms with E-state index < -0.39 is 5.82 Å². The van der Waals surface area contributed by atoms with Gasteiger partial charge in [-0.15, -0.1) is 23.1 Å². The smallest absolute Gasteiger partial charge is 0.154 e. The van der Waals surface area contributed by atoms with Gasteiger partial charge < -0.3 is 0 Å². The second-order valence-electron chi connectivity index (χ2n) is 2.76. The van der Waals surface area contributed by atoms with Gasteiger partial charge in [-0.1, -0.05) is 0 Å². The third-order valence-electron chi connectivity index (χ3n) is 2.02. The topological polar surface area (TPSA) is 17.1 Å². The molecule has 1 aromatic carbocycles. The van der Waals surface area contributed by atoms with E-state index in [1.807, 2.05) is 17.7 Å². The van der Waals surface area contributed by atoms with Crippen molar-refractivity contribution in [2.75, 3.05) is 6.26 Å². The Labute approximate surface area is 88.9 Å². The number of fused-ring (bicyclic) bond motifs is 1. The molecule has 14 heavy (non-hydrogen) atoms. The molecule has 0 atom stereocenters. The molecule has 0 aliphatic heterocycles. The van der Waals surface area contributed by atoms with Gasteiger partial charge in [0.15, 0.2) is 6.29 Å². The number of halogens is 1. The molecule has 0 N–H and O–H groups in total. The molecule has 1 aromatic heterocycles. The van der Waals surface area contributed by atoms with Crippen molar-refractivity contribution in [2.24, 2.45) is 0 Å². The number of hydrogen-bond donors (Lipinski definition) is 0. The van der Waals surface area contributed by atoms with E-state index in [9.17, 15) is 9.18 Å². The van der Waals surface area contributed by atoms with Crippen LogP contribution in [0.4, 0.5) is 4.39 Å².